The van der Waals surface area contributed by atoms with Crippen LogP contribution < -0.4 is 0 Å². The van der Waals surface area contributed by atoms with Gasteiger partial charge in [0.15, 0.2) is 12.0 Å². The quantitative estimate of drug-likeness (QED) is 0.463. The fourth-order valence-corrected chi connectivity index (χ4v) is 2.06. The van der Waals surface area contributed by atoms with Crippen LogP contribution in [0.4, 0.5) is 0 Å². The molecule has 1 aromatic heterocycles. The summed E-state index contributed by atoms with van der Waals surface area (Å²) in [7, 11) is 0. The van der Waals surface area contributed by atoms with Gasteiger partial charge in [-0.25, -0.2) is 4.98 Å². The molecule has 7 heteroatoms. The molecular weight excluding hydrogens is 252 g/mol. The first kappa shape index (κ1) is 13.7. The zero-order valence-corrected chi connectivity index (χ0v) is 10.2. The first-order chi connectivity index (χ1) is 9.01. The molecule has 1 saturated heterocycles. The fraction of sp³-hybridized carbons (Fsp3) is 0.500. The summed E-state index contributed by atoms with van der Waals surface area (Å²) in [6.45, 7) is 0.888. The number of hydrogen-bond acceptors (Lipinski definition) is 6. The van der Waals surface area contributed by atoms with Gasteiger partial charge in [0, 0.05) is 6.92 Å². The van der Waals surface area contributed by atoms with Crippen molar-refractivity contribution in [3.8, 4) is 12.3 Å². The van der Waals surface area contributed by atoms with E-state index in [-0.39, 0.29) is 17.2 Å². The maximum Gasteiger partial charge on any atom is 0.181 e. The first-order valence-corrected chi connectivity index (χ1v) is 5.68. The molecule has 1 unspecified atom stereocenters. The Hall–Kier alpha value is -1.72. The monoisotopic (exact) mass is 266 g/mol. The van der Waals surface area contributed by atoms with E-state index in [1.807, 2.05) is 0 Å². The summed E-state index contributed by atoms with van der Waals surface area (Å²) in [5.74, 6) is 2.01. The van der Waals surface area contributed by atoms with E-state index >= 15 is 0 Å². The van der Waals surface area contributed by atoms with Crippen LogP contribution in [-0.2, 0) is 4.74 Å². The lowest BCUT2D eigenvalue weighted by Gasteiger charge is -2.17. The molecule has 7 nitrogen and oxygen atoms in total. The van der Waals surface area contributed by atoms with E-state index in [9.17, 15) is 15.0 Å². The molecule has 0 bridgehead atoms. The Morgan fingerprint density at radius 1 is 1.58 bits per heavy atom. The third-order valence-electron chi connectivity index (χ3n) is 3.06. The van der Waals surface area contributed by atoms with E-state index in [0.29, 0.717) is 0 Å². The number of aliphatic hydroxyl groups is 3. The highest BCUT2D eigenvalue weighted by atomic mass is 16.6. The van der Waals surface area contributed by atoms with E-state index in [1.54, 1.807) is 0 Å². The number of ketones is 1. The predicted octanol–water partition coefficient (Wildman–Crippen LogP) is -1.32. The molecule has 4 atom stereocenters. The normalized spacial score (nSPS) is 30.3. The summed E-state index contributed by atoms with van der Waals surface area (Å²) >= 11 is 0. The molecule has 1 fully saturated rings. The molecule has 3 N–H and O–H groups in total. The van der Waals surface area contributed by atoms with Crippen molar-refractivity contribution in [3.63, 3.8) is 0 Å². The molecule has 0 amide bonds. The first-order valence-electron chi connectivity index (χ1n) is 5.68. The minimum atomic E-state index is -1.27. The lowest BCUT2D eigenvalue weighted by molar-refractivity contribution is -0.0531. The number of Topliss-reactive ketones (excluding diaryl/α,β-unsaturated/α-hetero) is 1. The van der Waals surface area contributed by atoms with Gasteiger partial charge in [-0.1, -0.05) is 0 Å². The van der Waals surface area contributed by atoms with Crippen LogP contribution in [0, 0.1) is 12.3 Å². The highest BCUT2D eigenvalue weighted by molar-refractivity contribution is 5.94. The molecular formula is C12H14N2O5. The Bertz CT molecular complexity index is 533. The van der Waals surface area contributed by atoms with Gasteiger partial charge >= 0.3 is 0 Å². The molecule has 0 radical (unpaired) electrons. The highest BCUT2D eigenvalue weighted by Crippen LogP contribution is 2.30. The molecule has 2 heterocycles. The Kier molecular flexibility index (Phi) is 3.68. The van der Waals surface area contributed by atoms with Gasteiger partial charge in [0.1, 0.15) is 29.7 Å². The number of imidazole rings is 1. The number of nitrogens with zero attached hydrogens (tertiary/aromatic N) is 2. The summed E-state index contributed by atoms with van der Waals surface area (Å²) < 4.78 is 6.63. The lowest BCUT2D eigenvalue weighted by atomic mass is 10.1. The summed E-state index contributed by atoms with van der Waals surface area (Å²) in [5.41, 5.74) is 0.266. The number of rotatable bonds is 3. The SMILES string of the molecule is C#Cc1c(C(C)=O)ncn1[C@@H]1O[C@H](CO)[C@H](O)C1O. The minimum Gasteiger partial charge on any atom is -0.394 e. The van der Waals surface area contributed by atoms with Crippen LogP contribution in [0.1, 0.15) is 29.3 Å². The third-order valence-corrected chi connectivity index (χ3v) is 3.06. The molecule has 19 heavy (non-hydrogen) atoms. The van der Waals surface area contributed by atoms with Crippen molar-refractivity contribution in [1.29, 1.82) is 0 Å². The molecule has 0 saturated carbocycles. The van der Waals surface area contributed by atoms with Crippen molar-refractivity contribution in [1.82, 2.24) is 9.55 Å². The van der Waals surface area contributed by atoms with Crippen molar-refractivity contribution < 1.29 is 24.9 Å². The number of terminal acetylenes is 1. The standard InChI is InChI=1S/C12H14N2O5/c1-3-7-9(6(2)16)13-5-14(7)12-11(18)10(17)8(4-15)19-12/h1,5,8,10-12,15,17-18H,4H2,2H3/t8-,10+,11?,12-/m1/s1. The Morgan fingerprint density at radius 3 is 2.74 bits per heavy atom. The van der Waals surface area contributed by atoms with Gasteiger partial charge < -0.3 is 20.1 Å². The van der Waals surface area contributed by atoms with Crippen LogP contribution in [0.3, 0.4) is 0 Å². The van der Waals surface area contributed by atoms with Crippen LogP contribution in [0.15, 0.2) is 6.33 Å². The molecule has 0 spiro atoms. The lowest BCUT2D eigenvalue weighted by Crippen LogP contribution is -2.33. The molecule has 1 aliphatic rings. The fourth-order valence-electron chi connectivity index (χ4n) is 2.06. The minimum absolute atomic E-state index is 0.0974. The molecule has 0 aliphatic carbocycles. The van der Waals surface area contributed by atoms with Crippen LogP contribution >= 0.6 is 0 Å². The summed E-state index contributed by atoms with van der Waals surface area (Å²) in [6, 6.07) is 0. The van der Waals surface area contributed by atoms with Crippen LogP contribution in [0.5, 0.6) is 0 Å². The van der Waals surface area contributed by atoms with E-state index < -0.39 is 31.1 Å². The van der Waals surface area contributed by atoms with Gasteiger partial charge in [-0.3, -0.25) is 9.36 Å². The zero-order valence-electron chi connectivity index (χ0n) is 10.2. The second-order valence-electron chi connectivity index (χ2n) is 4.28. The van der Waals surface area contributed by atoms with Crippen molar-refractivity contribution in [3.05, 3.63) is 17.7 Å². The Balaban J connectivity index is 2.39. The number of aliphatic hydroxyl groups excluding tert-OH is 3. The van der Waals surface area contributed by atoms with Crippen LogP contribution in [0.25, 0.3) is 0 Å². The van der Waals surface area contributed by atoms with Gasteiger partial charge in [0.05, 0.1) is 12.9 Å². The second kappa shape index (κ2) is 5.11. The summed E-state index contributed by atoms with van der Waals surface area (Å²) in [5, 5.41) is 28.6. The Morgan fingerprint density at radius 2 is 2.26 bits per heavy atom. The maximum atomic E-state index is 11.4. The molecule has 1 aliphatic heterocycles. The summed E-state index contributed by atoms with van der Waals surface area (Å²) in [4.78, 5) is 15.2. The van der Waals surface area contributed by atoms with Crippen molar-refractivity contribution in [2.45, 2.75) is 31.5 Å². The van der Waals surface area contributed by atoms with Crippen molar-refractivity contribution in [2.24, 2.45) is 0 Å². The number of ether oxygens (including phenoxy) is 1. The van der Waals surface area contributed by atoms with E-state index in [2.05, 4.69) is 10.9 Å². The Labute approximate surface area is 109 Å². The smallest absolute Gasteiger partial charge is 0.181 e. The highest BCUT2D eigenvalue weighted by Gasteiger charge is 2.44. The average Bonchev–Trinajstić information content (AvgIpc) is 2.92. The number of aromatic nitrogens is 2. The zero-order chi connectivity index (χ0) is 14.2. The van der Waals surface area contributed by atoms with Crippen molar-refractivity contribution >= 4 is 5.78 Å². The average molecular weight is 266 g/mol. The predicted molar refractivity (Wildman–Crippen MR) is 63.2 cm³/mol. The van der Waals surface area contributed by atoms with Gasteiger partial charge in [0.2, 0.25) is 0 Å². The number of hydrogen-bond donors (Lipinski definition) is 3. The molecule has 0 aromatic carbocycles. The molecule has 102 valence electrons. The molecule has 2 rings (SSSR count). The van der Waals surface area contributed by atoms with Gasteiger partial charge in [0.25, 0.3) is 0 Å². The molecule has 1 aromatic rings. The van der Waals surface area contributed by atoms with Gasteiger partial charge in [-0.2, -0.15) is 0 Å². The third kappa shape index (κ3) is 2.15. The topological polar surface area (TPSA) is 105 Å². The maximum absolute atomic E-state index is 11.4. The number of carbonyl (C=O) groups excluding carboxylic acids is 1. The van der Waals surface area contributed by atoms with Gasteiger partial charge in [-0.05, 0) is 5.92 Å². The van der Waals surface area contributed by atoms with Gasteiger partial charge in [-0.15, -0.1) is 6.42 Å². The van der Waals surface area contributed by atoms with E-state index in [1.165, 1.54) is 17.8 Å². The largest absolute Gasteiger partial charge is 0.394 e. The van der Waals surface area contributed by atoms with Crippen LogP contribution in [0.2, 0.25) is 0 Å². The summed E-state index contributed by atoms with van der Waals surface area (Å²) in [6.07, 6.45) is 2.21. The second-order valence-corrected chi connectivity index (χ2v) is 4.28. The van der Waals surface area contributed by atoms with Crippen LogP contribution in [-0.4, -0.2) is 55.6 Å². The number of carbonyl (C=O) groups is 1. The van der Waals surface area contributed by atoms with Crippen molar-refractivity contribution in [2.75, 3.05) is 6.61 Å². The van der Waals surface area contributed by atoms with E-state index in [4.69, 9.17) is 16.3 Å². The van der Waals surface area contributed by atoms with E-state index in [0.717, 1.165) is 0 Å².